The number of likely N-dealkylation sites (tertiary alicyclic amines) is 1. The number of nitrogens with zero attached hydrogens (tertiary/aromatic N) is 1. The molecule has 0 aromatic heterocycles. The zero-order valence-corrected chi connectivity index (χ0v) is 14.8. The van der Waals surface area contributed by atoms with Crippen LogP contribution in [0.2, 0.25) is 0 Å². The Balaban J connectivity index is 1.63. The van der Waals surface area contributed by atoms with Gasteiger partial charge < -0.3 is 14.7 Å². The molecule has 1 aliphatic rings. The molecule has 5 nitrogen and oxygen atoms in total. The van der Waals surface area contributed by atoms with E-state index < -0.39 is 11.9 Å². The number of ether oxygens (including phenoxy) is 1. The van der Waals surface area contributed by atoms with Crippen LogP contribution in [0.1, 0.15) is 24.0 Å². The summed E-state index contributed by atoms with van der Waals surface area (Å²) in [6, 6.07) is 17.2. The van der Waals surface area contributed by atoms with E-state index in [9.17, 15) is 14.7 Å². The van der Waals surface area contributed by atoms with Crippen LogP contribution in [0.25, 0.3) is 0 Å². The Labute approximate surface area is 153 Å². The summed E-state index contributed by atoms with van der Waals surface area (Å²) in [5, 5.41) is 9.53. The van der Waals surface area contributed by atoms with E-state index >= 15 is 0 Å². The second kappa shape index (κ2) is 8.04. The van der Waals surface area contributed by atoms with Crippen LogP contribution in [0.15, 0.2) is 54.6 Å². The summed E-state index contributed by atoms with van der Waals surface area (Å²) in [7, 11) is 0. The van der Waals surface area contributed by atoms with Crippen molar-refractivity contribution in [3.05, 3.63) is 65.7 Å². The number of hydrogen-bond donors (Lipinski definition) is 1. The van der Waals surface area contributed by atoms with Crippen LogP contribution in [0.3, 0.4) is 0 Å². The summed E-state index contributed by atoms with van der Waals surface area (Å²) in [6.07, 6.45) is 0.949. The van der Waals surface area contributed by atoms with Crippen LogP contribution in [-0.2, 0) is 16.0 Å². The lowest BCUT2D eigenvalue weighted by molar-refractivity contribution is -0.142. The third-order valence-electron chi connectivity index (χ3n) is 4.91. The predicted molar refractivity (Wildman–Crippen MR) is 98.2 cm³/mol. The molecule has 1 amide bonds. The highest BCUT2D eigenvalue weighted by Gasteiger charge is 2.40. The van der Waals surface area contributed by atoms with Gasteiger partial charge in [-0.2, -0.15) is 0 Å². The number of carboxylic acids is 1. The van der Waals surface area contributed by atoms with Gasteiger partial charge in [-0.25, -0.2) is 0 Å². The Bertz CT molecular complexity index is 757. The van der Waals surface area contributed by atoms with Crippen LogP contribution in [-0.4, -0.2) is 41.6 Å². The molecule has 1 aliphatic heterocycles. The van der Waals surface area contributed by atoms with E-state index in [1.807, 2.05) is 54.6 Å². The Morgan fingerprint density at radius 1 is 1.08 bits per heavy atom. The van der Waals surface area contributed by atoms with Crippen molar-refractivity contribution in [2.24, 2.45) is 5.92 Å². The standard InChI is InChI=1S/C21H23NO4/c1-2-15-8-10-17(11-9-15)26-14-20(23)22-12-18(19(13-22)21(24)25)16-6-4-3-5-7-16/h3-11,18-19H,2,12-14H2,1H3,(H,24,25). The molecule has 3 rings (SSSR count). The van der Waals surface area contributed by atoms with E-state index in [1.54, 1.807) is 4.90 Å². The highest BCUT2D eigenvalue weighted by molar-refractivity contribution is 5.80. The number of aryl methyl sites for hydroxylation is 1. The SMILES string of the molecule is CCc1ccc(OCC(=O)N2CC(C(=O)O)C(c3ccccc3)C2)cc1. The van der Waals surface area contributed by atoms with Gasteiger partial charge in [-0.1, -0.05) is 49.4 Å². The van der Waals surface area contributed by atoms with Crippen LogP contribution >= 0.6 is 0 Å². The lowest BCUT2D eigenvalue weighted by atomic mass is 9.89. The van der Waals surface area contributed by atoms with Crippen LogP contribution in [0, 0.1) is 5.92 Å². The number of hydrogen-bond acceptors (Lipinski definition) is 3. The molecule has 1 N–H and O–H groups in total. The summed E-state index contributed by atoms with van der Waals surface area (Å²) < 4.78 is 5.58. The first-order chi connectivity index (χ1) is 12.6. The average molecular weight is 353 g/mol. The van der Waals surface area contributed by atoms with Gasteiger partial charge >= 0.3 is 5.97 Å². The summed E-state index contributed by atoms with van der Waals surface area (Å²) in [4.78, 5) is 25.7. The van der Waals surface area contributed by atoms with Gasteiger partial charge in [0.25, 0.3) is 5.91 Å². The Morgan fingerprint density at radius 2 is 1.77 bits per heavy atom. The number of aliphatic carboxylic acids is 1. The fourth-order valence-corrected chi connectivity index (χ4v) is 3.35. The lowest BCUT2D eigenvalue weighted by Gasteiger charge is -2.17. The number of amides is 1. The third-order valence-corrected chi connectivity index (χ3v) is 4.91. The monoisotopic (exact) mass is 353 g/mol. The fraction of sp³-hybridized carbons (Fsp3) is 0.333. The Kier molecular flexibility index (Phi) is 5.56. The van der Waals surface area contributed by atoms with Crippen molar-refractivity contribution in [2.45, 2.75) is 19.3 Å². The molecule has 1 heterocycles. The summed E-state index contributed by atoms with van der Waals surface area (Å²) in [5.74, 6) is -1.20. The van der Waals surface area contributed by atoms with E-state index in [2.05, 4.69) is 6.92 Å². The zero-order valence-electron chi connectivity index (χ0n) is 14.8. The molecule has 5 heteroatoms. The summed E-state index contributed by atoms with van der Waals surface area (Å²) in [5.41, 5.74) is 2.16. The van der Waals surface area contributed by atoms with Gasteiger partial charge in [0.1, 0.15) is 5.75 Å². The molecule has 2 aromatic rings. The minimum Gasteiger partial charge on any atom is -0.484 e. The second-order valence-electron chi connectivity index (χ2n) is 6.55. The molecule has 136 valence electrons. The second-order valence-corrected chi connectivity index (χ2v) is 6.55. The first kappa shape index (κ1) is 18.0. The van der Waals surface area contributed by atoms with Crippen molar-refractivity contribution >= 4 is 11.9 Å². The van der Waals surface area contributed by atoms with Gasteiger partial charge in [0.2, 0.25) is 0 Å². The molecule has 1 saturated heterocycles. The molecule has 26 heavy (non-hydrogen) atoms. The molecule has 2 aromatic carbocycles. The maximum atomic E-state index is 12.5. The average Bonchev–Trinajstić information content (AvgIpc) is 3.13. The first-order valence-electron chi connectivity index (χ1n) is 8.85. The predicted octanol–water partition coefficient (Wildman–Crippen LogP) is 2.95. The molecule has 0 saturated carbocycles. The highest BCUT2D eigenvalue weighted by atomic mass is 16.5. The van der Waals surface area contributed by atoms with Gasteiger partial charge in [0.05, 0.1) is 5.92 Å². The summed E-state index contributed by atoms with van der Waals surface area (Å²) >= 11 is 0. The van der Waals surface area contributed by atoms with Crippen LogP contribution in [0.5, 0.6) is 5.75 Å². The molecule has 0 radical (unpaired) electrons. The molecule has 1 fully saturated rings. The van der Waals surface area contributed by atoms with Crippen molar-refractivity contribution in [1.82, 2.24) is 4.90 Å². The van der Waals surface area contributed by atoms with E-state index in [0.717, 1.165) is 12.0 Å². The zero-order chi connectivity index (χ0) is 18.5. The normalized spacial score (nSPS) is 19.3. The molecule has 0 bridgehead atoms. The highest BCUT2D eigenvalue weighted by Crippen LogP contribution is 2.33. The minimum absolute atomic E-state index is 0.0840. The van der Waals surface area contributed by atoms with Gasteiger partial charge in [-0.3, -0.25) is 9.59 Å². The lowest BCUT2D eigenvalue weighted by Crippen LogP contribution is -2.33. The van der Waals surface area contributed by atoms with E-state index in [-0.39, 0.29) is 25.0 Å². The van der Waals surface area contributed by atoms with Crippen molar-refractivity contribution in [2.75, 3.05) is 19.7 Å². The third kappa shape index (κ3) is 4.04. The summed E-state index contributed by atoms with van der Waals surface area (Å²) in [6.45, 7) is 2.61. The topological polar surface area (TPSA) is 66.8 Å². The van der Waals surface area contributed by atoms with E-state index in [4.69, 9.17) is 4.74 Å². The largest absolute Gasteiger partial charge is 0.484 e. The van der Waals surface area contributed by atoms with Crippen molar-refractivity contribution in [1.29, 1.82) is 0 Å². The Hall–Kier alpha value is -2.82. The first-order valence-corrected chi connectivity index (χ1v) is 8.85. The van der Waals surface area contributed by atoms with E-state index in [0.29, 0.717) is 12.3 Å². The van der Waals surface area contributed by atoms with Crippen molar-refractivity contribution < 1.29 is 19.4 Å². The maximum Gasteiger partial charge on any atom is 0.308 e. The molecule has 0 aliphatic carbocycles. The van der Waals surface area contributed by atoms with Gasteiger partial charge in [0, 0.05) is 19.0 Å². The number of carbonyl (C=O) groups is 2. The minimum atomic E-state index is -0.870. The molecule has 2 unspecified atom stereocenters. The molecular formula is C21H23NO4. The fourth-order valence-electron chi connectivity index (χ4n) is 3.35. The Morgan fingerprint density at radius 3 is 2.38 bits per heavy atom. The van der Waals surface area contributed by atoms with Crippen molar-refractivity contribution in [3.63, 3.8) is 0 Å². The quantitative estimate of drug-likeness (QED) is 0.867. The molecular weight excluding hydrogens is 330 g/mol. The van der Waals surface area contributed by atoms with Gasteiger partial charge in [-0.15, -0.1) is 0 Å². The van der Waals surface area contributed by atoms with Gasteiger partial charge in [0.15, 0.2) is 6.61 Å². The van der Waals surface area contributed by atoms with Crippen molar-refractivity contribution in [3.8, 4) is 5.75 Å². The van der Waals surface area contributed by atoms with Crippen LogP contribution < -0.4 is 4.74 Å². The number of rotatable bonds is 6. The smallest absolute Gasteiger partial charge is 0.308 e. The maximum absolute atomic E-state index is 12.5. The van der Waals surface area contributed by atoms with Gasteiger partial charge in [-0.05, 0) is 29.7 Å². The number of carbonyl (C=O) groups excluding carboxylic acids is 1. The van der Waals surface area contributed by atoms with Crippen LogP contribution in [0.4, 0.5) is 0 Å². The molecule has 0 spiro atoms. The number of carboxylic acid groups (broad SMARTS) is 1. The number of benzene rings is 2. The molecule has 2 atom stereocenters. The van der Waals surface area contributed by atoms with E-state index in [1.165, 1.54) is 5.56 Å².